The predicted octanol–water partition coefficient (Wildman–Crippen LogP) is 2.82. The van der Waals surface area contributed by atoms with Gasteiger partial charge in [-0.1, -0.05) is 0 Å². The minimum atomic E-state index is -0.439. The van der Waals surface area contributed by atoms with E-state index in [4.69, 9.17) is 10.5 Å². The first kappa shape index (κ1) is 13.4. The van der Waals surface area contributed by atoms with Crippen molar-refractivity contribution in [3.05, 3.63) is 10.4 Å². The van der Waals surface area contributed by atoms with Crippen LogP contribution in [0.4, 0.5) is 5.69 Å². The number of esters is 1. The second kappa shape index (κ2) is 5.32. The van der Waals surface area contributed by atoms with Crippen LogP contribution in [0.3, 0.4) is 0 Å². The van der Waals surface area contributed by atoms with E-state index in [1.807, 2.05) is 6.26 Å². The molecule has 1 saturated carbocycles. The zero-order valence-electron chi connectivity index (χ0n) is 10.3. The first-order chi connectivity index (χ1) is 8.60. The Kier molecular flexibility index (Phi) is 3.97. The van der Waals surface area contributed by atoms with Crippen LogP contribution in [0.2, 0.25) is 0 Å². The summed E-state index contributed by atoms with van der Waals surface area (Å²) in [6.45, 7) is 2.04. The Hall–Kier alpha value is -1.01. The standard InChI is InChI=1S/C12H15NO3S2/c1-3-16-11(15)7-8(13)10(18-12(7)17-2)9(14)6-4-5-6/h6H,3-5,13H2,1-2H3. The molecule has 1 aromatic heterocycles. The average molecular weight is 285 g/mol. The Bertz CT molecular complexity index is 492. The van der Waals surface area contributed by atoms with E-state index < -0.39 is 5.97 Å². The molecule has 1 aromatic rings. The molecule has 1 aliphatic carbocycles. The van der Waals surface area contributed by atoms with Crippen LogP contribution < -0.4 is 5.73 Å². The first-order valence-corrected chi connectivity index (χ1v) is 7.81. The molecule has 6 heteroatoms. The van der Waals surface area contributed by atoms with Crippen molar-refractivity contribution in [2.45, 2.75) is 24.0 Å². The third-order valence-electron chi connectivity index (χ3n) is 2.75. The van der Waals surface area contributed by atoms with Crippen LogP contribution in [0.15, 0.2) is 4.21 Å². The number of hydrogen-bond acceptors (Lipinski definition) is 6. The highest BCUT2D eigenvalue weighted by Gasteiger charge is 2.35. The summed E-state index contributed by atoms with van der Waals surface area (Å²) >= 11 is 2.72. The van der Waals surface area contributed by atoms with Crippen molar-refractivity contribution in [2.24, 2.45) is 5.92 Å². The van der Waals surface area contributed by atoms with Crippen molar-refractivity contribution in [1.82, 2.24) is 0 Å². The average Bonchev–Trinajstić information content (AvgIpc) is 3.12. The molecule has 0 unspecified atom stereocenters. The number of Topliss-reactive ketones (excluding diaryl/α,β-unsaturated/α-hetero) is 1. The summed E-state index contributed by atoms with van der Waals surface area (Å²) in [4.78, 5) is 24.4. The monoisotopic (exact) mass is 285 g/mol. The Morgan fingerprint density at radius 3 is 2.67 bits per heavy atom. The molecule has 18 heavy (non-hydrogen) atoms. The highest BCUT2D eigenvalue weighted by molar-refractivity contribution is 8.00. The molecule has 1 fully saturated rings. The van der Waals surface area contributed by atoms with Crippen molar-refractivity contribution < 1.29 is 14.3 Å². The number of hydrogen-bond donors (Lipinski definition) is 1. The van der Waals surface area contributed by atoms with Gasteiger partial charge in [-0.2, -0.15) is 0 Å². The summed E-state index contributed by atoms with van der Waals surface area (Å²) in [6.07, 6.45) is 3.72. The van der Waals surface area contributed by atoms with Gasteiger partial charge in [-0.05, 0) is 26.0 Å². The lowest BCUT2D eigenvalue weighted by Gasteiger charge is -2.03. The topological polar surface area (TPSA) is 69.4 Å². The Balaban J connectivity index is 2.38. The number of carbonyl (C=O) groups is 2. The van der Waals surface area contributed by atoms with Crippen LogP contribution in [0.25, 0.3) is 0 Å². The van der Waals surface area contributed by atoms with Gasteiger partial charge in [0.05, 0.1) is 21.4 Å². The lowest BCUT2D eigenvalue weighted by molar-refractivity contribution is 0.0524. The van der Waals surface area contributed by atoms with Gasteiger partial charge in [-0.25, -0.2) is 4.79 Å². The van der Waals surface area contributed by atoms with Gasteiger partial charge in [0.15, 0.2) is 5.78 Å². The molecular formula is C12H15NO3S2. The van der Waals surface area contributed by atoms with Crippen LogP contribution >= 0.6 is 23.1 Å². The van der Waals surface area contributed by atoms with Gasteiger partial charge in [-0.3, -0.25) is 4.79 Å². The maximum Gasteiger partial charge on any atom is 0.342 e. The number of thioether (sulfide) groups is 1. The maximum absolute atomic E-state index is 12.1. The largest absolute Gasteiger partial charge is 0.462 e. The fraction of sp³-hybridized carbons (Fsp3) is 0.500. The van der Waals surface area contributed by atoms with E-state index in [9.17, 15) is 9.59 Å². The fourth-order valence-electron chi connectivity index (χ4n) is 1.68. The second-order valence-corrected chi connectivity index (χ2v) is 6.17. The zero-order chi connectivity index (χ0) is 13.3. The van der Waals surface area contributed by atoms with E-state index in [1.54, 1.807) is 6.92 Å². The van der Waals surface area contributed by atoms with Crippen molar-refractivity contribution in [2.75, 3.05) is 18.6 Å². The first-order valence-electron chi connectivity index (χ1n) is 5.77. The Morgan fingerprint density at radius 2 is 2.17 bits per heavy atom. The predicted molar refractivity (Wildman–Crippen MR) is 73.5 cm³/mol. The molecule has 1 aliphatic rings. The number of nitrogen functional groups attached to an aromatic ring is 1. The third kappa shape index (κ3) is 2.40. The summed E-state index contributed by atoms with van der Waals surface area (Å²) in [5, 5.41) is 0. The highest BCUT2D eigenvalue weighted by atomic mass is 32.2. The number of carbonyl (C=O) groups excluding carboxylic acids is 2. The fourth-order valence-corrected chi connectivity index (χ4v) is 3.62. The number of anilines is 1. The van der Waals surface area contributed by atoms with Crippen LogP contribution in [0, 0.1) is 5.92 Å². The van der Waals surface area contributed by atoms with Crippen LogP contribution in [0.1, 0.15) is 39.8 Å². The van der Waals surface area contributed by atoms with Gasteiger partial charge in [-0.15, -0.1) is 23.1 Å². The summed E-state index contributed by atoms with van der Waals surface area (Å²) in [7, 11) is 0. The van der Waals surface area contributed by atoms with Gasteiger partial charge in [0.2, 0.25) is 0 Å². The van der Waals surface area contributed by atoms with E-state index in [0.717, 1.165) is 17.1 Å². The minimum Gasteiger partial charge on any atom is -0.462 e. The normalized spacial score (nSPS) is 14.6. The molecular weight excluding hydrogens is 270 g/mol. The summed E-state index contributed by atoms with van der Waals surface area (Å²) in [5.74, 6) is -0.260. The molecule has 0 radical (unpaired) electrons. The smallest absolute Gasteiger partial charge is 0.342 e. The Labute approximate surface area is 114 Å². The molecule has 98 valence electrons. The number of nitrogens with two attached hydrogens (primary N) is 1. The van der Waals surface area contributed by atoms with Gasteiger partial charge in [0.25, 0.3) is 0 Å². The molecule has 0 atom stereocenters. The van der Waals surface area contributed by atoms with E-state index in [2.05, 4.69) is 0 Å². The van der Waals surface area contributed by atoms with Gasteiger partial charge < -0.3 is 10.5 Å². The van der Waals surface area contributed by atoms with Crippen LogP contribution in [-0.2, 0) is 4.74 Å². The van der Waals surface area contributed by atoms with Gasteiger partial charge in [0.1, 0.15) is 5.56 Å². The number of rotatable bonds is 5. The molecule has 0 aliphatic heterocycles. The van der Waals surface area contributed by atoms with Gasteiger partial charge >= 0.3 is 5.97 Å². The highest BCUT2D eigenvalue weighted by Crippen LogP contribution is 2.42. The molecule has 0 aromatic carbocycles. The quantitative estimate of drug-likeness (QED) is 0.512. The van der Waals surface area contributed by atoms with Crippen molar-refractivity contribution >= 4 is 40.5 Å². The van der Waals surface area contributed by atoms with E-state index >= 15 is 0 Å². The van der Waals surface area contributed by atoms with Crippen molar-refractivity contribution in [3.63, 3.8) is 0 Å². The van der Waals surface area contributed by atoms with Crippen LogP contribution in [-0.4, -0.2) is 24.6 Å². The Morgan fingerprint density at radius 1 is 1.50 bits per heavy atom. The SMILES string of the molecule is CCOC(=O)c1c(SC)sc(C(=O)C2CC2)c1N. The van der Waals surface area contributed by atoms with Crippen molar-refractivity contribution in [1.29, 1.82) is 0 Å². The summed E-state index contributed by atoms with van der Waals surface area (Å²) < 4.78 is 5.74. The molecule has 4 nitrogen and oxygen atoms in total. The molecule has 1 heterocycles. The minimum absolute atomic E-state index is 0.0725. The number of thiophene rings is 1. The number of ketones is 1. The summed E-state index contributed by atoms with van der Waals surface area (Å²) in [5.41, 5.74) is 6.60. The number of ether oxygens (including phenoxy) is 1. The maximum atomic E-state index is 12.1. The van der Waals surface area contributed by atoms with Crippen molar-refractivity contribution in [3.8, 4) is 0 Å². The van der Waals surface area contributed by atoms with E-state index in [-0.39, 0.29) is 11.7 Å². The molecule has 2 N–H and O–H groups in total. The molecule has 0 spiro atoms. The summed E-state index contributed by atoms with van der Waals surface area (Å²) in [6, 6.07) is 0. The third-order valence-corrected chi connectivity index (χ3v) is 5.09. The molecule has 0 amide bonds. The zero-order valence-corrected chi connectivity index (χ0v) is 12.0. The molecule has 2 rings (SSSR count). The van der Waals surface area contributed by atoms with Gasteiger partial charge in [0, 0.05) is 5.92 Å². The second-order valence-electron chi connectivity index (χ2n) is 4.07. The molecule has 0 bridgehead atoms. The lowest BCUT2D eigenvalue weighted by Crippen LogP contribution is -2.09. The van der Waals surface area contributed by atoms with E-state index in [1.165, 1.54) is 23.1 Å². The lowest BCUT2D eigenvalue weighted by atomic mass is 10.1. The van der Waals surface area contributed by atoms with E-state index in [0.29, 0.717) is 22.7 Å². The molecule has 0 saturated heterocycles. The van der Waals surface area contributed by atoms with Crippen LogP contribution in [0.5, 0.6) is 0 Å².